The molecule has 5 heteroatoms. The molecule has 3 aromatic carbocycles. The minimum absolute atomic E-state index is 0.0432. The predicted molar refractivity (Wildman–Crippen MR) is 109 cm³/mol. The van der Waals surface area contributed by atoms with E-state index in [0.717, 1.165) is 27.8 Å². The van der Waals surface area contributed by atoms with Crippen LogP contribution in [0.2, 0.25) is 5.02 Å². The zero-order chi connectivity index (χ0) is 18.9. The Balaban J connectivity index is 1.41. The summed E-state index contributed by atoms with van der Waals surface area (Å²) in [5.41, 5.74) is 1.76. The van der Waals surface area contributed by atoms with E-state index in [9.17, 15) is 4.79 Å². The van der Waals surface area contributed by atoms with Gasteiger partial charge in [0.15, 0.2) is 0 Å². The lowest BCUT2D eigenvalue weighted by molar-refractivity contribution is -0.116. The van der Waals surface area contributed by atoms with Crippen molar-refractivity contribution in [2.24, 2.45) is 0 Å². The van der Waals surface area contributed by atoms with Gasteiger partial charge in [0, 0.05) is 30.2 Å². The molecule has 0 fully saturated rings. The molecular weight excluding hydrogens is 360 g/mol. The normalized spacial score (nSPS) is 10.4. The summed E-state index contributed by atoms with van der Waals surface area (Å²) in [4.78, 5) is 12.1. The van der Waals surface area contributed by atoms with Crippen molar-refractivity contribution in [3.8, 4) is 11.5 Å². The molecule has 138 valence electrons. The van der Waals surface area contributed by atoms with Gasteiger partial charge < -0.3 is 15.4 Å². The van der Waals surface area contributed by atoms with Crippen molar-refractivity contribution >= 4 is 23.2 Å². The van der Waals surface area contributed by atoms with Crippen molar-refractivity contribution < 1.29 is 9.53 Å². The molecule has 0 atom stereocenters. The van der Waals surface area contributed by atoms with Crippen LogP contribution >= 0.6 is 11.6 Å². The third-order valence-corrected chi connectivity index (χ3v) is 4.29. The standard InChI is InChI=1S/C22H21ClN2O2/c23-21-9-5-4-6-17(21)16-24-15-14-22(26)25-18-10-12-20(13-11-18)27-19-7-2-1-3-8-19/h1-13,24H,14-16H2,(H,25,26). The summed E-state index contributed by atoms with van der Waals surface area (Å²) in [5.74, 6) is 1.46. The maximum Gasteiger partial charge on any atom is 0.225 e. The third kappa shape index (κ3) is 6.13. The van der Waals surface area contributed by atoms with E-state index in [1.54, 1.807) is 0 Å². The second-order valence-electron chi connectivity index (χ2n) is 6.01. The quantitative estimate of drug-likeness (QED) is 0.525. The Kier molecular flexibility index (Phi) is 6.85. The first kappa shape index (κ1) is 19.0. The van der Waals surface area contributed by atoms with E-state index in [-0.39, 0.29) is 5.91 Å². The number of rotatable bonds is 8. The van der Waals surface area contributed by atoms with Crippen molar-refractivity contribution in [1.82, 2.24) is 5.32 Å². The van der Waals surface area contributed by atoms with E-state index >= 15 is 0 Å². The van der Waals surface area contributed by atoms with Crippen LogP contribution in [-0.2, 0) is 11.3 Å². The highest BCUT2D eigenvalue weighted by atomic mass is 35.5. The van der Waals surface area contributed by atoms with Gasteiger partial charge in [0.2, 0.25) is 5.91 Å². The van der Waals surface area contributed by atoms with Gasteiger partial charge in [-0.2, -0.15) is 0 Å². The highest BCUT2D eigenvalue weighted by Crippen LogP contribution is 2.22. The Hall–Kier alpha value is -2.82. The number of amides is 1. The van der Waals surface area contributed by atoms with Gasteiger partial charge in [-0.15, -0.1) is 0 Å². The zero-order valence-electron chi connectivity index (χ0n) is 14.8. The molecule has 0 aliphatic rings. The molecule has 27 heavy (non-hydrogen) atoms. The Morgan fingerprint density at radius 1 is 0.852 bits per heavy atom. The molecule has 0 saturated carbocycles. The third-order valence-electron chi connectivity index (χ3n) is 3.92. The first-order valence-corrected chi connectivity index (χ1v) is 9.15. The first-order chi connectivity index (χ1) is 13.2. The predicted octanol–water partition coefficient (Wildman–Crippen LogP) is 5.25. The lowest BCUT2D eigenvalue weighted by atomic mass is 10.2. The second kappa shape index (κ2) is 9.76. The van der Waals surface area contributed by atoms with Crippen molar-refractivity contribution in [2.75, 3.05) is 11.9 Å². The molecule has 0 unspecified atom stereocenters. The van der Waals surface area contributed by atoms with Gasteiger partial charge in [0.05, 0.1) is 0 Å². The Morgan fingerprint density at radius 3 is 2.26 bits per heavy atom. The summed E-state index contributed by atoms with van der Waals surface area (Å²) in [6.07, 6.45) is 0.382. The second-order valence-corrected chi connectivity index (χ2v) is 6.41. The van der Waals surface area contributed by atoms with Crippen LogP contribution in [0.5, 0.6) is 11.5 Å². The van der Waals surface area contributed by atoms with Crippen LogP contribution in [0.15, 0.2) is 78.9 Å². The highest BCUT2D eigenvalue weighted by Gasteiger charge is 2.04. The molecule has 0 radical (unpaired) electrons. The van der Waals surface area contributed by atoms with Crippen LogP contribution in [0.3, 0.4) is 0 Å². The number of carbonyl (C=O) groups excluding carboxylic acids is 1. The number of para-hydroxylation sites is 1. The van der Waals surface area contributed by atoms with Crippen LogP contribution in [0, 0.1) is 0 Å². The Labute approximate surface area is 164 Å². The molecule has 3 aromatic rings. The fourth-order valence-electron chi connectivity index (χ4n) is 2.52. The first-order valence-electron chi connectivity index (χ1n) is 8.77. The van der Waals surface area contributed by atoms with Gasteiger partial charge in [0.1, 0.15) is 11.5 Å². The molecule has 1 amide bonds. The Bertz CT molecular complexity index is 867. The van der Waals surface area contributed by atoms with Crippen LogP contribution in [0.1, 0.15) is 12.0 Å². The van der Waals surface area contributed by atoms with Gasteiger partial charge in [0.25, 0.3) is 0 Å². The smallest absolute Gasteiger partial charge is 0.225 e. The summed E-state index contributed by atoms with van der Waals surface area (Å²) in [5, 5.41) is 6.84. The molecule has 3 rings (SSSR count). The molecule has 0 aliphatic carbocycles. The van der Waals surface area contributed by atoms with E-state index in [2.05, 4.69) is 10.6 Å². The monoisotopic (exact) mass is 380 g/mol. The van der Waals surface area contributed by atoms with Crippen LogP contribution in [0.25, 0.3) is 0 Å². The summed E-state index contributed by atoms with van der Waals surface area (Å²) in [6, 6.07) is 24.6. The maximum absolute atomic E-state index is 12.1. The summed E-state index contributed by atoms with van der Waals surface area (Å²) in [7, 11) is 0. The molecular formula is C22H21ClN2O2. The number of hydrogen-bond donors (Lipinski definition) is 2. The van der Waals surface area contributed by atoms with Gasteiger partial charge in [-0.1, -0.05) is 48.0 Å². The van der Waals surface area contributed by atoms with Crippen LogP contribution in [-0.4, -0.2) is 12.5 Å². The number of anilines is 1. The zero-order valence-corrected chi connectivity index (χ0v) is 15.6. The average molecular weight is 381 g/mol. The van der Waals surface area contributed by atoms with Crippen molar-refractivity contribution in [1.29, 1.82) is 0 Å². The Morgan fingerprint density at radius 2 is 1.52 bits per heavy atom. The van der Waals surface area contributed by atoms with E-state index in [1.807, 2.05) is 78.9 Å². The minimum atomic E-state index is -0.0432. The number of ether oxygens (including phenoxy) is 1. The lowest BCUT2D eigenvalue weighted by Gasteiger charge is -2.09. The number of halogens is 1. The average Bonchev–Trinajstić information content (AvgIpc) is 2.69. The van der Waals surface area contributed by atoms with E-state index < -0.39 is 0 Å². The molecule has 0 spiro atoms. The molecule has 0 bridgehead atoms. The van der Waals surface area contributed by atoms with E-state index in [1.165, 1.54) is 0 Å². The highest BCUT2D eigenvalue weighted by molar-refractivity contribution is 6.31. The topological polar surface area (TPSA) is 50.4 Å². The SMILES string of the molecule is O=C(CCNCc1ccccc1Cl)Nc1ccc(Oc2ccccc2)cc1. The van der Waals surface area contributed by atoms with Gasteiger partial charge >= 0.3 is 0 Å². The van der Waals surface area contributed by atoms with E-state index in [0.29, 0.717) is 19.5 Å². The number of benzene rings is 3. The molecule has 4 nitrogen and oxygen atoms in total. The summed E-state index contributed by atoms with van der Waals surface area (Å²) in [6.45, 7) is 1.21. The summed E-state index contributed by atoms with van der Waals surface area (Å²) < 4.78 is 5.74. The van der Waals surface area contributed by atoms with Crippen LogP contribution < -0.4 is 15.4 Å². The van der Waals surface area contributed by atoms with Crippen LogP contribution in [0.4, 0.5) is 5.69 Å². The van der Waals surface area contributed by atoms with Gasteiger partial charge in [-0.05, 0) is 48.0 Å². The largest absolute Gasteiger partial charge is 0.457 e. The molecule has 0 heterocycles. The van der Waals surface area contributed by atoms with Crippen molar-refractivity contribution in [3.63, 3.8) is 0 Å². The summed E-state index contributed by atoms with van der Waals surface area (Å²) >= 11 is 6.11. The molecule has 0 saturated heterocycles. The fraction of sp³-hybridized carbons (Fsp3) is 0.136. The van der Waals surface area contributed by atoms with Crippen molar-refractivity contribution in [3.05, 3.63) is 89.4 Å². The maximum atomic E-state index is 12.1. The molecule has 0 aliphatic heterocycles. The molecule has 0 aromatic heterocycles. The number of hydrogen-bond acceptors (Lipinski definition) is 3. The lowest BCUT2D eigenvalue weighted by Crippen LogP contribution is -2.21. The number of carbonyl (C=O) groups is 1. The molecule has 2 N–H and O–H groups in total. The van der Waals surface area contributed by atoms with E-state index in [4.69, 9.17) is 16.3 Å². The van der Waals surface area contributed by atoms with Gasteiger partial charge in [-0.3, -0.25) is 4.79 Å². The van der Waals surface area contributed by atoms with Crippen molar-refractivity contribution in [2.45, 2.75) is 13.0 Å². The number of nitrogens with one attached hydrogen (secondary N) is 2. The van der Waals surface area contributed by atoms with Gasteiger partial charge in [-0.25, -0.2) is 0 Å². The fourth-order valence-corrected chi connectivity index (χ4v) is 2.72. The minimum Gasteiger partial charge on any atom is -0.457 e.